The van der Waals surface area contributed by atoms with Gasteiger partial charge in [0.2, 0.25) is 0 Å². The van der Waals surface area contributed by atoms with Crippen LogP contribution in [0.4, 0.5) is 0 Å². The fourth-order valence-electron chi connectivity index (χ4n) is 2.87. The maximum atomic E-state index is 11.3. The normalized spacial score (nSPS) is 23.4. The summed E-state index contributed by atoms with van der Waals surface area (Å²) in [7, 11) is 0. The van der Waals surface area contributed by atoms with Gasteiger partial charge in [-0.15, -0.1) is 0 Å². The molecule has 0 aromatic carbocycles. The van der Waals surface area contributed by atoms with E-state index in [9.17, 15) is 9.90 Å². The Hall–Kier alpha value is -1.25. The highest BCUT2D eigenvalue weighted by molar-refractivity contribution is 5.23. The van der Waals surface area contributed by atoms with Crippen molar-refractivity contribution in [3.8, 4) is 5.75 Å². The van der Waals surface area contributed by atoms with Crippen LogP contribution in [0.5, 0.6) is 5.75 Å². The molecule has 0 amide bonds. The highest BCUT2D eigenvalue weighted by atomic mass is 16.4. The lowest BCUT2D eigenvalue weighted by atomic mass is 9.84. The summed E-state index contributed by atoms with van der Waals surface area (Å²) in [6, 6.07) is 2.72. The zero-order chi connectivity index (χ0) is 12.0. The second-order valence-corrected chi connectivity index (χ2v) is 5.77. The maximum absolute atomic E-state index is 11.3. The molecule has 1 aromatic heterocycles. The van der Waals surface area contributed by atoms with Crippen molar-refractivity contribution >= 4 is 0 Å². The molecule has 3 rings (SSSR count). The fraction of sp³-hybridized carbons (Fsp3) is 0.643. The van der Waals surface area contributed by atoms with E-state index in [0.29, 0.717) is 11.2 Å². The van der Waals surface area contributed by atoms with Crippen molar-refractivity contribution < 1.29 is 9.52 Å². The van der Waals surface area contributed by atoms with Gasteiger partial charge < -0.3 is 9.52 Å². The predicted octanol–water partition coefficient (Wildman–Crippen LogP) is 3.03. The summed E-state index contributed by atoms with van der Waals surface area (Å²) < 4.78 is 5.23. The molecule has 2 aliphatic rings. The van der Waals surface area contributed by atoms with E-state index in [1.807, 2.05) is 0 Å². The molecule has 92 valence electrons. The Labute approximate surface area is 100 Å². The molecular formula is C14H18O3. The first-order chi connectivity index (χ1) is 8.09. The van der Waals surface area contributed by atoms with Gasteiger partial charge in [0.05, 0.1) is 6.07 Å². The summed E-state index contributed by atoms with van der Waals surface area (Å²) >= 11 is 0. The fourth-order valence-corrected chi connectivity index (χ4v) is 2.87. The predicted molar refractivity (Wildman–Crippen MR) is 64.1 cm³/mol. The largest absolute Gasteiger partial charge is 0.508 e. The van der Waals surface area contributed by atoms with E-state index in [1.54, 1.807) is 6.07 Å². The van der Waals surface area contributed by atoms with Gasteiger partial charge in [-0.25, -0.2) is 4.79 Å². The van der Waals surface area contributed by atoms with Crippen molar-refractivity contribution in [3.05, 3.63) is 28.3 Å². The molecule has 1 atom stereocenters. The molecule has 3 heteroatoms. The smallest absolute Gasteiger partial charge is 0.339 e. The number of hydrogen-bond donors (Lipinski definition) is 1. The van der Waals surface area contributed by atoms with E-state index in [4.69, 9.17) is 4.42 Å². The molecular weight excluding hydrogens is 216 g/mol. The van der Waals surface area contributed by atoms with Crippen LogP contribution in [0.2, 0.25) is 0 Å². The van der Waals surface area contributed by atoms with Crippen LogP contribution in [-0.2, 0) is 0 Å². The van der Waals surface area contributed by atoms with E-state index in [1.165, 1.54) is 32.1 Å². The molecule has 0 spiro atoms. The third-order valence-electron chi connectivity index (χ3n) is 4.40. The Morgan fingerprint density at radius 1 is 1.47 bits per heavy atom. The van der Waals surface area contributed by atoms with E-state index >= 15 is 0 Å². The molecule has 1 aromatic rings. The Morgan fingerprint density at radius 3 is 2.71 bits per heavy atom. The van der Waals surface area contributed by atoms with Crippen LogP contribution < -0.4 is 5.63 Å². The minimum atomic E-state index is -0.450. The third kappa shape index (κ3) is 2.11. The number of rotatable bonds is 4. The minimum Gasteiger partial charge on any atom is -0.508 e. The van der Waals surface area contributed by atoms with Crippen molar-refractivity contribution in [2.24, 2.45) is 11.3 Å². The lowest BCUT2D eigenvalue weighted by Crippen LogP contribution is -2.14. The molecule has 2 aliphatic carbocycles. The average Bonchev–Trinajstić information content (AvgIpc) is 3.14. The zero-order valence-corrected chi connectivity index (χ0v) is 10.1. The molecule has 0 bridgehead atoms. The third-order valence-corrected chi connectivity index (χ3v) is 4.40. The molecule has 1 unspecified atom stereocenters. The first-order valence-electron chi connectivity index (χ1n) is 6.43. The summed E-state index contributed by atoms with van der Waals surface area (Å²) in [5.74, 6) is 1.80. The number of aromatic hydroxyl groups is 1. The van der Waals surface area contributed by atoms with Crippen molar-refractivity contribution in [3.63, 3.8) is 0 Å². The van der Waals surface area contributed by atoms with Crippen LogP contribution >= 0.6 is 0 Å². The molecule has 1 N–H and O–H groups in total. The maximum Gasteiger partial charge on any atom is 0.339 e. The standard InChI is InChI=1S/C14H18O3/c1-9(12-6-11(15)7-13(16)17-12)14(4-5-14)8-10-2-3-10/h6-7,9-10,15H,2-5,8H2,1H3. The molecule has 0 saturated heterocycles. The molecule has 3 nitrogen and oxygen atoms in total. The monoisotopic (exact) mass is 234 g/mol. The summed E-state index contributed by atoms with van der Waals surface area (Å²) in [6.07, 6.45) is 6.43. The van der Waals surface area contributed by atoms with Gasteiger partial charge in [-0.2, -0.15) is 0 Å². The summed E-state index contributed by atoms with van der Waals surface area (Å²) in [6.45, 7) is 2.12. The average molecular weight is 234 g/mol. The van der Waals surface area contributed by atoms with Crippen LogP contribution in [-0.4, -0.2) is 5.11 Å². The second-order valence-electron chi connectivity index (χ2n) is 5.77. The molecule has 0 aliphatic heterocycles. The Morgan fingerprint density at radius 2 is 2.18 bits per heavy atom. The van der Waals surface area contributed by atoms with E-state index in [2.05, 4.69) is 6.92 Å². The van der Waals surface area contributed by atoms with Crippen LogP contribution in [0.3, 0.4) is 0 Å². The summed E-state index contributed by atoms with van der Waals surface area (Å²) in [4.78, 5) is 11.3. The van der Waals surface area contributed by atoms with Crippen LogP contribution in [0.25, 0.3) is 0 Å². The van der Waals surface area contributed by atoms with E-state index < -0.39 is 5.63 Å². The van der Waals surface area contributed by atoms with Gasteiger partial charge >= 0.3 is 5.63 Å². The van der Waals surface area contributed by atoms with Crippen molar-refractivity contribution in [2.75, 3.05) is 0 Å². The van der Waals surface area contributed by atoms with Crippen molar-refractivity contribution in [1.29, 1.82) is 0 Å². The summed E-state index contributed by atoms with van der Waals surface area (Å²) in [5, 5.41) is 9.46. The van der Waals surface area contributed by atoms with Gasteiger partial charge in [0.25, 0.3) is 0 Å². The van der Waals surface area contributed by atoms with E-state index in [-0.39, 0.29) is 11.7 Å². The number of hydrogen-bond acceptors (Lipinski definition) is 3. The van der Waals surface area contributed by atoms with Gasteiger partial charge in [-0.05, 0) is 30.6 Å². The van der Waals surface area contributed by atoms with Crippen LogP contribution in [0.15, 0.2) is 21.3 Å². The van der Waals surface area contributed by atoms with Crippen molar-refractivity contribution in [1.82, 2.24) is 0 Å². The molecule has 2 saturated carbocycles. The van der Waals surface area contributed by atoms with Gasteiger partial charge in [-0.1, -0.05) is 19.8 Å². The first-order valence-corrected chi connectivity index (χ1v) is 6.43. The first kappa shape index (κ1) is 10.9. The zero-order valence-electron chi connectivity index (χ0n) is 10.1. The topological polar surface area (TPSA) is 50.4 Å². The lowest BCUT2D eigenvalue weighted by Gasteiger charge is -2.22. The molecule has 17 heavy (non-hydrogen) atoms. The van der Waals surface area contributed by atoms with Gasteiger partial charge in [0, 0.05) is 12.0 Å². The SMILES string of the molecule is CC(c1cc(O)cc(=O)o1)C1(CC2CC2)CC1. The Balaban J connectivity index is 1.84. The van der Waals surface area contributed by atoms with Crippen LogP contribution in [0.1, 0.15) is 50.7 Å². The highest BCUT2D eigenvalue weighted by Crippen LogP contribution is 2.62. The quantitative estimate of drug-likeness (QED) is 0.871. The second kappa shape index (κ2) is 3.62. The lowest BCUT2D eigenvalue weighted by molar-refractivity contribution is 0.307. The Bertz CT molecular complexity index is 480. The van der Waals surface area contributed by atoms with Gasteiger partial charge in [0.1, 0.15) is 11.5 Å². The van der Waals surface area contributed by atoms with Crippen molar-refractivity contribution in [2.45, 2.75) is 44.9 Å². The highest BCUT2D eigenvalue weighted by Gasteiger charge is 2.51. The summed E-state index contributed by atoms with van der Waals surface area (Å²) in [5.41, 5.74) is -0.112. The molecule has 1 heterocycles. The minimum absolute atomic E-state index is 0.0188. The van der Waals surface area contributed by atoms with E-state index in [0.717, 1.165) is 12.0 Å². The molecule has 2 fully saturated rings. The van der Waals surface area contributed by atoms with Crippen LogP contribution in [0, 0.1) is 11.3 Å². The molecule has 0 radical (unpaired) electrons. The Kier molecular flexibility index (Phi) is 2.32. The van der Waals surface area contributed by atoms with Gasteiger partial charge in [0.15, 0.2) is 0 Å². The van der Waals surface area contributed by atoms with Gasteiger partial charge in [-0.3, -0.25) is 0 Å².